The highest BCUT2D eigenvalue weighted by molar-refractivity contribution is 7.19. The van der Waals surface area contributed by atoms with Crippen molar-refractivity contribution in [2.24, 2.45) is 0 Å². The molecule has 3 aromatic rings. The van der Waals surface area contributed by atoms with Crippen LogP contribution >= 0.6 is 11.3 Å². The Morgan fingerprint density at radius 2 is 1.95 bits per heavy atom. The molecular formula is C15H17N3O2S. The number of hydrogen-bond acceptors (Lipinski definition) is 5. The molecule has 110 valence electrons. The largest absolute Gasteiger partial charge is 0.507 e. The van der Waals surface area contributed by atoms with Gasteiger partial charge in [0, 0.05) is 28.7 Å². The lowest BCUT2D eigenvalue weighted by Gasteiger charge is -2.06. The summed E-state index contributed by atoms with van der Waals surface area (Å²) >= 11 is 1.56. The number of phenols is 1. The van der Waals surface area contributed by atoms with Gasteiger partial charge in [-0.1, -0.05) is 6.07 Å². The Morgan fingerprint density at radius 3 is 2.67 bits per heavy atom. The van der Waals surface area contributed by atoms with E-state index in [9.17, 15) is 9.90 Å². The number of pyridine rings is 1. The first-order valence-corrected chi connectivity index (χ1v) is 7.56. The van der Waals surface area contributed by atoms with Crippen LogP contribution in [-0.4, -0.2) is 24.2 Å². The summed E-state index contributed by atoms with van der Waals surface area (Å²) < 4.78 is 0. The standard InChI is InChI=1S/C15H17N3O2S/c1-16-6-9-11(7-17-2)21-15-13(9)12-8(14(20)18-15)4-3-5-10(12)19/h3-5,16-17,19H,6-7H2,1-2H3,(H,18,20). The normalized spacial score (nSPS) is 11.5. The van der Waals surface area contributed by atoms with Crippen LogP contribution in [0.1, 0.15) is 10.4 Å². The van der Waals surface area contributed by atoms with Gasteiger partial charge in [-0.15, -0.1) is 11.3 Å². The van der Waals surface area contributed by atoms with E-state index in [1.165, 1.54) is 0 Å². The molecule has 0 amide bonds. The Bertz CT molecular complexity index is 867. The van der Waals surface area contributed by atoms with E-state index in [4.69, 9.17) is 0 Å². The van der Waals surface area contributed by atoms with Crippen LogP contribution in [-0.2, 0) is 13.1 Å². The maximum absolute atomic E-state index is 12.2. The number of hydrogen-bond donors (Lipinski definition) is 4. The third-order valence-electron chi connectivity index (χ3n) is 3.55. The second-order valence-corrected chi connectivity index (χ2v) is 6.03. The molecule has 5 nitrogen and oxygen atoms in total. The quantitative estimate of drug-likeness (QED) is 0.593. The maximum Gasteiger partial charge on any atom is 0.257 e. The third kappa shape index (κ3) is 2.21. The molecule has 3 rings (SSSR count). The molecular weight excluding hydrogens is 286 g/mol. The first-order valence-electron chi connectivity index (χ1n) is 6.74. The van der Waals surface area contributed by atoms with E-state index in [1.807, 2.05) is 14.1 Å². The molecule has 0 bridgehead atoms. The number of H-pyrrole nitrogens is 1. The number of aromatic nitrogens is 1. The van der Waals surface area contributed by atoms with Gasteiger partial charge >= 0.3 is 0 Å². The SMILES string of the molecule is CNCc1sc2[nH]c(=O)c3cccc(O)c3c2c1CNC. The number of phenolic OH excluding ortho intramolecular Hbond substituents is 1. The smallest absolute Gasteiger partial charge is 0.257 e. The fourth-order valence-electron chi connectivity index (χ4n) is 2.69. The van der Waals surface area contributed by atoms with Gasteiger partial charge in [-0.05, 0) is 31.8 Å². The van der Waals surface area contributed by atoms with Crippen LogP contribution in [0.2, 0.25) is 0 Å². The molecule has 0 spiro atoms. The number of benzene rings is 1. The predicted octanol–water partition coefficient (Wildman–Crippen LogP) is 1.89. The maximum atomic E-state index is 12.2. The van der Waals surface area contributed by atoms with Crippen LogP contribution in [0.15, 0.2) is 23.0 Å². The topological polar surface area (TPSA) is 77.2 Å². The Morgan fingerprint density at radius 1 is 1.19 bits per heavy atom. The van der Waals surface area contributed by atoms with Crippen LogP contribution in [0.3, 0.4) is 0 Å². The van der Waals surface area contributed by atoms with E-state index in [-0.39, 0.29) is 11.3 Å². The Hall–Kier alpha value is -1.89. The van der Waals surface area contributed by atoms with E-state index in [2.05, 4.69) is 15.6 Å². The second-order valence-electron chi connectivity index (χ2n) is 4.92. The molecule has 1 aromatic carbocycles. The first-order chi connectivity index (χ1) is 10.2. The summed E-state index contributed by atoms with van der Waals surface area (Å²) in [5.74, 6) is 0.148. The highest BCUT2D eigenvalue weighted by atomic mass is 32.1. The van der Waals surface area contributed by atoms with Crippen molar-refractivity contribution < 1.29 is 5.11 Å². The van der Waals surface area contributed by atoms with Crippen molar-refractivity contribution in [3.05, 3.63) is 39.0 Å². The summed E-state index contributed by atoms with van der Waals surface area (Å²) in [5, 5.41) is 18.7. The van der Waals surface area contributed by atoms with Crippen LogP contribution in [0.25, 0.3) is 21.0 Å². The monoisotopic (exact) mass is 303 g/mol. The molecule has 0 aliphatic rings. The molecule has 0 atom stereocenters. The Balaban J connectivity index is 2.49. The van der Waals surface area contributed by atoms with E-state index in [0.717, 1.165) is 27.2 Å². The van der Waals surface area contributed by atoms with E-state index < -0.39 is 0 Å². The number of fused-ring (bicyclic) bond motifs is 3. The zero-order valence-electron chi connectivity index (χ0n) is 11.9. The van der Waals surface area contributed by atoms with Crippen LogP contribution in [0.5, 0.6) is 5.75 Å². The van der Waals surface area contributed by atoms with Gasteiger partial charge < -0.3 is 20.7 Å². The van der Waals surface area contributed by atoms with E-state index in [1.54, 1.807) is 29.5 Å². The van der Waals surface area contributed by atoms with Crippen molar-refractivity contribution in [3.8, 4) is 5.75 Å². The van der Waals surface area contributed by atoms with Gasteiger partial charge in [0.2, 0.25) is 0 Å². The van der Waals surface area contributed by atoms with Crippen LogP contribution in [0, 0.1) is 0 Å². The lowest BCUT2D eigenvalue weighted by atomic mass is 10.0. The van der Waals surface area contributed by atoms with Crippen LogP contribution < -0.4 is 16.2 Å². The summed E-state index contributed by atoms with van der Waals surface area (Å²) in [7, 11) is 3.78. The zero-order valence-corrected chi connectivity index (χ0v) is 12.7. The summed E-state index contributed by atoms with van der Waals surface area (Å²) in [6, 6.07) is 5.06. The number of aromatic hydroxyl groups is 1. The molecule has 4 N–H and O–H groups in total. The minimum Gasteiger partial charge on any atom is -0.507 e. The van der Waals surface area contributed by atoms with Crippen molar-refractivity contribution in [2.45, 2.75) is 13.1 Å². The molecule has 6 heteroatoms. The first kappa shape index (κ1) is 14.1. The summed E-state index contributed by atoms with van der Waals surface area (Å²) in [6.07, 6.45) is 0. The average molecular weight is 303 g/mol. The van der Waals surface area contributed by atoms with Crippen molar-refractivity contribution in [2.75, 3.05) is 14.1 Å². The predicted molar refractivity (Wildman–Crippen MR) is 87.1 cm³/mol. The minimum absolute atomic E-state index is 0.148. The number of aromatic amines is 1. The van der Waals surface area contributed by atoms with E-state index >= 15 is 0 Å². The fourth-order valence-corrected chi connectivity index (χ4v) is 3.93. The summed E-state index contributed by atoms with van der Waals surface area (Å²) in [5.41, 5.74) is 0.955. The van der Waals surface area contributed by atoms with Crippen molar-refractivity contribution in [1.82, 2.24) is 15.6 Å². The van der Waals surface area contributed by atoms with Crippen LogP contribution in [0.4, 0.5) is 0 Å². The highest BCUT2D eigenvalue weighted by Gasteiger charge is 2.17. The number of nitrogens with one attached hydrogen (secondary N) is 3. The van der Waals surface area contributed by atoms with Gasteiger partial charge in [0.05, 0.1) is 5.39 Å². The molecule has 0 radical (unpaired) electrons. The molecule has 0 saturated heterocycles. The lowest BCUT2D eigenvalue weighted by molar-refractivity contribution is 0.482. The average Bonchev–Trinajstić information content (AvgIpc) is 2.78. The summed E-state index contributed by atoms with van der Waals surface area (Å²) in [4.78, 5) is 17.1. The number of thiophene rings is 1. The van der Waals surface area contributed by atoms with Gasteiger partial charge in [-0.3, -0.25) is 4.79 Å². The van der Waals surface area contributed by atoms with Crippen molar-refractivity contribution in [1.29, 1.82) is 0 Å². The van der Waals surface area contributed by atoms with Gasteiger partial charge in [0.15, 0.2) is 0 Å². The molecule has 21 heavy (non-hydrogen) atoms. The van der Waals surface area contributed by atoms with Gasteiger partial charge in [0.1, 0.15) is 10.6 Å². The van der Waals surface area contributed by atoms with Gasteiger partial charge in [-0.25, -0.2) is 0 Å². The summed E-state index contributed by atoms with van der Waals surface area (Å²) in [6.45, 7) is 1.42. The van der Waals surface area contributed by atoms with Crippen molar-refractivity contribution >= 4 is 32.3 Å². The molecule has 0 saturated carbocycles. The molecule has 0 aliphatic carbocycles. The van der Waals surface area contributed by atoms with Gasteiger partial charge in [0.25, 0.3) is 5.56 Å². The highest BCUT2D eigenvalue weighted by Crippen LogP contribution is 2.37. The van der Waals surface area contributed by atoms with E-state index in [0.29, 0.717) is 17.3 Å². The third-order valence-corrected chi connectivity index (χ3v) is 4.69. The lowest BCUT2D eigenvalue weighted by Crippen LogP contribution is -2.11. The fraction of sp³-hybridized carbons (Fsp3) is 0.267. The molecule has 0 unspecified atom stereocenters. The zero-order chi connectivity index (χ0) is 15.0. The minimum atomic E-state index is -0.165. The van der Waals surface area contributed by atoms with Crippen molar-refractivity contribution in [3.63, 3.8) is 0 Å². The second kappa shape index (κ2) is 5.48. The molecule has 2 heterocycles. The molecule has 0 fully saturated rings. The Labute approximate surface area is 125 Å². The number of rotatable bonds is 4. The van der Waals surface area contributed by atoms with Gasteiger partial charge in [-0.2, -0.15) is 0 Å². The molecule has 2 aromatic heterocycles. The Kier molecular flexibility index (Phi) is 3.67. The molecule has 0 aliphatic heterocycles.